The normalized spacial score (nSPS) is 12.6. The molecule has 0 aliphatic carbocycles. The molecule has 2 aromatic carbocycles. The number of aromatic hydroxyl groups is 1. The van der Waals surface area contributed by atoms with Crippen molar-refractivity contribution < 1.29 is 24.9 Å². The molecule has 0 radical (unpaired) electrons. The summed E-state index contributed by atoms with van der Waals surface area (Å²) >= 11 is 0. The molecule has 0 saturated heterocycles. The van der Waals surface area contributed by atoms with Crippen LogP contribution < -0.4 is 20.9 Å². The molecule has 0 spiro atoms. The first-order valence-electron chi connectivity index (χ1n) is 14.8. The summed E-state index contributed by atoms with van der Waals surface area (Å²) in [6, 6.07) is 16.9. The Morgan fingerprint density at radius 3 is 2.42 bits per heavy atom. The van der Waals surface area contributed by atoms with Gasteiger partial charge in [0, 0.05) is 29.8 Å². The Labute approximate surface area is 250 Å². The van der Waals surface area contributed by atoms with Crippen molar-refractivity contribution in [3.05, 3.63) is 100 Å². The summed E-state index contributed by atoms with van der Waals surface area (Å²) in [6.07, 6.45) is 8.99. The van der Waals surface area contributed by atoms with Gasteiger partial charge in [-0.3, -0.25) is 9.78 Å². The Bertz CT molecular complexity index is 1510. The van der Waals surface area contributed by atoms with E-state index in [-0.39, 0.29) is 11.3 Å². The molecule has 6 N–H and O–H groups in total. The maximum absolute atomic E-state index is 11.6. The molecule has 0 aliphatic heterocycles. The monoisotopic (exact) mass is 588 g/mol. The lowest BCUT2D eigenvalue weighted by Gasteiger charge is -2.18. The number of ether oxygens (including phenoxy) is 1. The number of carboxylic acid groups (broad SMARTS) is 1. The van der Waals surface area contributed by atoms with E-state index in [4.69, 9.17) is 4.74 Å². The van der Waals surface area contributed by atoms with Crippen LogP contribution in [0.3, 0.4) is 0 Å². The highest BCUT2D eigenvalue weighted by atomic mass is 16.5. The zero-order valence-corrected chi connectivity index (χ0v) is 24.2. The summed E-state index contributed by atoms with van der Waals surface area (Å²) in [5, 5.41) is 36.4. The minimum Gasteiger partial charge on any atom is -0.506 e. The second-order valence-electron chi connectivity index (χ2n) is 10.6. The Morgan fingerprint density at radius 1 is 0.907 bits per heavy atom. The fourth-order valence-corrected chi connectivity index (χ4v) is 5.12. The van der Waals surface area contributed by atoms with Crippen molar-refractivity contribution in [3.8, 4) is 11.5 Å². The van der Waals surface area contributed by atoms with Crippen LogP contribution in [0.4, 0.5) is 4.79 Å². The van der Waals surface area contributed by atoms with Gasteiger partial charge < -0.3 is 35.7 Å². The number of aromatic nitrogens is 2. The zero-order chi connectivity index (χ0) is 30.4. The lowest BCUT2D eigenvalue weighted by atomic mass is 10.0. The topological polar surface area (TPSA) is 157 Å². The number of aliphatic hydroxyl groups is 1. The van der Waals surface area contributed by atoms with Gasteiger partial charge >= 0.3 is 6.09 Å². The Balaban J connectivity index is 1.07. The number of pyridine rings is 2. The molecule has 2 heterocycles. The third kappa shape index (κ3) is 9.56. The Kier molecular flexibility index (Phi) is 11.9. The molecule has 0 saturated carbocycles. The summed E-state index contributed by atoms with van der Waals surface area (Å²) in [5.74, 6) is 0.605. The number of rotatable bonds is 17. The predicted molar refractivity (Wildman–Crippen MR) is 166 cm³/mol. The largest absolute Gasteiger partial charge is 0.506 e. The molecule has 1 amide bonds. The Hall–Kier alpha value is -4.41. The number of aromatic amines is 1. The van der Waals surface area contributed by atoms with Crippen LogP contribution in [-0.4, -0.2) is 51.1 Å². The number of nitrogens with one attached hydrogen (secondary N) is 3. The number of aliphatic hydroxyl groups excluding tert-OH is 1. The van der Waals surface area contributed by atoms with Crippen molar-refractivity contribution in [1.82, 2.24) is 20.6 Å². The number of fused-ring (bicyclic) bond motifs is 1. The van der Waals surface area contributed by atoms with Crippen molar-refractivity contribution in [2.45, 2.75) is 57.1 Å². The van der Waals surface area contributed by atoms with E-state index < -0.39 is 18.2 Å². The molecule has 0 bridgehead atoms. The first kappa shape index (κ1) is 31.5. The van der Waals surface area contributed by atoms with E-state index in [1.165, 1.54) is 12.1 Å². The number of nitrogens with zero attached hydrogens (tertiary/aromatic N) is 1. The van der Waals surface area contributed by atoms with E-state index in [9.17, 15) is 24.9 Å². The number of amides is 1. The summed E-state index contributed by atoms with van der Waals surface area (Å²) in [4.78, 5) is 29.8. The molecule has 4 aromatic rings. The minimum absolute atomic E-state index is 0.0174. The Morgan fingerprint density at radius 2 is 1.65 bits per heavy atom. The maximum Gasteiger partial charge on any atom is 0.405 e. The van der Waals surface area contributed by atoms with Gasteiger partial charge in [-0.2, -0.15) is 0 Å². The number of unbranched alkanes of at least 4 members (excludes halogenated alkanes) is 6. The average molecular weight is 589 g/mol. The number of hydrogen-bond donors (Lipinski definition) is 6. The van der Waals surface area contributed by atoms with Crippen molar-refractivity contribution in [2.24, 2.45) is 0 Å². The maximum atomic E-state index is 11.6. The molecule has 43 heavy (non-hydrogen) atoms. The number of H-pyrrole nitrogens is 1. The molecule has 228 valence electrons. The molecule has 10 nitrogen and oxygen atoms in total. The molecular weight excluding hydrogens is 548 g/mol. The van der Waals surface area contributed by atoms with Gasteiger partial charge in [-0.05, 0) is 48.7 Å². The van der Waals surface area contributed by atoms with Crippen LogP contribution in [0.2, 0.25) is 0 Å². The lowest BCUT2D eigenvalue weighted by molar-refractivity contribution is 0.176. The standard InChI is InChI=1S/C33H40N4O6/c38-28-15-13-26(27-14-16-30(40)36-32(27)28)29(39)22-34-17-9-4-2-1-3-5-10-18-43-25-19-24(20-35-21-25)31(37-33(41)42)23-11-7-6-8-12-23/h6-8,11-16,19-21,29,31,34,37-39H,1-5,9-10,17-18,22H2,(H,36,40)(H,41,42)/t29-,31?/m0/s1. The van der Waals surface area contributed by atoms with Crippen LogP contribution in [0.5, 0.6) is 11.5 Å². The number of benzene rings is 2. The number of phenols is 1. The average Bonchev–Trinajstić information content (AvgIpc) is 3.01. The van der Waals surface area contributed by atoms with Crippen molar-refractivity contribution in [2.75, 3.05) is 19.7 Å². The third-order valence-electron chi connectivity index (χ3n) is 7.34. The van der Waals surface area contributed by atoms with Crippen molar-refractivity contribution >= 4 is 17.0 Å². The van der Waals surface area contributed by atoms with Crippen LogP contribution in [0, 0.1) is 0 Å². The number of carbonyl (C=O) groups is 1. The van der Waals surface area contributed by atoms with Gasteiger partial charge in [0.15, 0.2) is 0 Å². The second kappa shape index (κ2) is 16.3. The zero-order valence-electron chi connectivity index (χ0n) is 24.2. The van der Waals surface area contributed by atoms with E-state index in [1.54, 1.807) is 24.5 Å². The first-order valence-corrected chi connectivity index (χ1v) is 14.8. The SMILES string of the molecule is O=C(O)NC(c1ccccc1)c1cncc(OCCCCCCCCCNC[C@H](O)c2ccc(O)c3[nH]c(=O)ccc23)c1. The van der Waals surface area contributed by atoms with Gasteiger partial charge in [0.25, 0.3) is 0 Å². The van der Waals surface area contributed by atoms with Gasteiger partial charge in [-0.1, -0.05) is 68.5 Å². The third-order valence-corrected chi connectivity index (χ3v) is 7.34. The fraction of sp³-hybridized carbons (Fsp3) is 0.364. The van der Waals surface area contributed by atoms with Crippen LogP contribution in [-0.2, 0) is 0 Å². The summed E-state index contributed by atoms with van der Waals surface area (Å²) in [5.41, 5.74) is 2.26. The molecule has 2 atom stereocenters. The highest BCUT2D eigenvalue weighted by molar-refractivity contribution is 5.87. The molecular formula is C33H40N4O6. The van der Waals surface area contributed by atoms with Gasteiger partial charge in [0.1, 0.15) is 11.5 Å². The van der Waals surface area contributed by atoms with E-state index in [2.05, 4.69) is 20.6 Å². The predicted octanol–water partition coefficient (Wildman–Crippen LogP) is 5.42. The van der Waals surface area contributed by atoms with Gasteiger partial charge in [0.2, 0.25) is 5.56 Å². The van der Waals surface area contributed by atoms with Gasteiger partial charge in [0.05, 0.1) is 30.5 Å². The van der Waals surface area contributed by atoms with E-state index in [0.717, 1.165) is 62.6 Å². The molecule has 4 rings (SSSR count). The summed E-state index contributed by atoms with van der Waals surface area (Å²) in [6.45, 7) is 1.77. The van der Waals surface area contributed by atoms with Gasteiger partial charge in [-0.25, -0.2) is 4.79 Å². The highest BCUT2D eigenvalue weighted by Crippen LogP contribution is 2.28. The summed E-state index contributed by atoms with van der Waals surface area (Å²) in [7, 11) is 0. The number of hydrogen-bond acceptors (Lipinski definition) is 7. The molecule has 2 aromatic heterocycles. The van der Waals surface area contributed by atoms with Crippen LogP contribution in [0.15, 0.2) is 77.9 Å². The quantitative estimate of drug-likeness (QED) is 0.0893. The van der Waals surface area contributed by atoms with Crippen molar-refractivity contribution in [1.29, 1.82) is 0 Å². The van der Waals surface area contributed by atoms with Crippen molar-refractivity contribution in [3.63, 3.8) is 0 Å². The van der Waals surface area contributed by atoms with Gasteiger partial charge in [-0.15, -0.1) is 0 Å². The lowest BCUT2D eigenvalue weighted by Crippen LogP contribution is -2.27. The number of phenolic OH excluding ortho intramolecular Hbond substituents is 1. The molecule has 0 aliphatic rings. The smallest absolute Gasteiger partial charge is 0.405 e. The highest BCUT2D eigenvalue weighted by Gasteiger charge is 2.17. The molecule has 0 fully saturated rings. The van der Waals surface area contributed by atoms with Crippen LogP contribution in [0.25, 0.3) is 10.9 Å². The second-order valence-corrected chi connectivity index (χ2v) is 10.6. The minimum atomic E-state index is -1.10. The van der Waals surface area contributed by atoms with E-state index in [0.29, 0.717) is 35.4 Å². The van der Waals surface area contributed by atoms with Crippen LogP contribution >= 0.6 is 0 Å². The first-order chi connectivity index (χ1) is 20.9. The molecule has 10 heteroatoms. The van der Waals surface area contributed by atoms with Crippen LogP contribution in [0.1, 0.15) is 73.8 Å². The molecule has 1 unspecified atom stereocenters. The summed E-state index contributed by atoms with van der Waals surface area (Å²) < 4.78 is 5.90. The van der Waals surface area contributed by atoms with E-state index in [1.807, 2.05) is 36.4 Å². The fourth-order valence-electron chi connectivity index (χ4n) is 5.12. The van der Waals surface area contributed by atoms with E-state index >= 15 is 0 Å².